The Hall–Kier alpha value is -1.40. The molecule has 5 nitrogen and oxygen atoms in total. The second-order valence-corrected chi connectivity index (χ2v) is 6.56. The van der Waals surface area contributed by atoms with E-state index in [-0.39, 0.29) is 16.8 Å². The summed E-state index contributed by atoms with van der Waals surface area (Å²) in [6, 6.07) is 5.88. The van der Waals surface area contributed by atoms with Crippen LogP contribution in [0.3, 0.4) is 0 Å². The molecule has 0 saturated heterocycles. The van der Waals surface area contributed by atoms with Crippen LogP contribution in [0.15, 0.2) is 29.2 Å². The van der Waals surface area contributed by atoms with Crippen molar-refractivity contribution in [2.45, 2.75) is 30.7 Å². The molecule has 0 radical (unpaired) electrons. The number of hydrogen-bond acceptors (Lipinski definition) is 3. The van der Waals surface area contributed by atoms with Crippen LogP contribution in [-0.4, -0.2) is 27.4 Å². The summed E-state index contributed by atoms with van der Waals surface area (Å²) in [6.07, 6.45) is 2.17. The summed E-state index contributed by atoms with van der Waals surface area (Å²) in [5.41, 5.74) is 0.441. The topological polar surface area (TPSA) is 75.3 Å². The summed E-state index contributed by atoms with van der Waals surface area (Å²) in [6.45, 7) is 1.88. The Balaban J connectivity index is 2.13. The number of hydrogen-bond donors (Lipinski definition) is 2. The maximum Gasteiger partial charge on any atom is 0.251 e. The van der Waals surface area contributed by atoms with Crippen molar-refractivity contribution in [2.24, 2.45) is 5.92 Å². The van der Waals surface area contributed by atoms with E-state index in [4.69, 9.17) is 0 Å². The lowest BCUT2D eigenvalue weighted by molar-refractivity contribution is 0.0963. The Labute approximate surface area is 113 Å². The number of rotatable bonds is 5. The minimum atomic E-state index is -3.50. The van der Waals surface area contributed by atoms with E-state index < -0.39 is 10.0 Å². The zero-order valence-electron chi connectivity index (χ0n) is 11.0. The van der Waals surface area contributed by atoms with Crippen molar-refractivity contribution in [3.05, 3.63) is 29.8 Å². The van der Waals surface area contributed by atoms with Crippen molar-refractivity contribution in [1.29, 1.82) is 0 Å². The zero-order chi connectivity index (χ0) is 14.0. The van der Waals surface area contributed by atoms with E-state index in [0.29, 0.717) is 11.5 Å². The van der Waals surface area contributed by atoms with Gasteiger partial charge < -0.3 is 5.32 Å². The molecule has 1 aliphatic rings. The molecule has 19 heavy (non-hydrogen) atoms. The predicted octanol–water partition coefficient (Wildman–Crippen LogP) is 1.12. The van der Waals surface area contributed by atoms with Crippen molar-refractivity contribution in [2.75, 3.05) is 7.05 Å². The number of carbonyl (C=O) groups excluding carboxylic acids is 1. The lowest BCUT2D eigenvalue weighted by Gasteiger charge is -2.13. The molecule has 1 fully saturated rings. The Kier molecular flexibility index (Phi) is 3.91. The number of benzene rings is 1. The maximum absolute atomic E-state index is 12.1. The SMILES string of the molecule is CNC(=O)c1ccc(S(=O)(=O)NC(C)C2CC2)cc1. The normalized spacial score (nSPS) is 16.9. The van der Waals surface area contributed by atoms with Gasteiger partial charge in [0, 0.05) is 18.7 Å². The molecule has 1 amide bonds. The summed E-state index contributed by atoms with van der Waals surface area (Å²) >= 11 is 0. The number of amides is 1. The fourth-order valence-corrected chi connectivity index (χ4v) is 3.25. The van der Waals surface area contributed by atoms with Crippen molar-refractivity contribution in [3.8, 4) is 0 Å². The van der Waals surface area contributed by atoms with E-state index in [1.165, 1.54) is 31.3 Å². The third kappa shape index (κ3) is 3.33. The highest BCUT2D eigenvalue weighted by Gasteiger charge is 2.31. The standard InChI is InChI=1S/C13H18N2O3S/c1-9(10-3-4-10)15-19(17,18)12-7-5-11(6-8-12)13(16)14-2/h5-10,15H,3-4H2,1-2H3,(H,14,16). The van der Waals surface area contributed by atoms with E-state index >= 15 is 0 Å². The quantitative estimate of drug-likeness (QED) is 0.850. The average molecular weight is 282 g/mol. The predicted molar refractivity (Wildman–Crippen MR) is 72.3 cm³/mol. The molecular weight excluding hydrogens is 264 g/mol. The van der Waals surface area contributed by atoms with Gasteiger partial charge in [0.2, 0.25) is 10.0 Å². The third-order valence-electron chi connectivity index (χ3n) is 3.32. The first-order valence-electron chi connectivity index (χ1n) is 6.28. The van der Waals surface area contributed by atoms with Crippen LogP contribution in [0, 0.1) is 5.92 Å². The monoisotopic (exact) mass is 282 g/mol. The fourth-order valence-electron chi connectivity index (χ4n) is 1.94. The Morgan fingerprint density at radius 2 is 1.84 bits per heavy atom. The molecule has 1 aromatic rings. The van der Waals surface area contributed by atoms with Crippen molar-refractivity contribution in [3.63, 3.8) is 0 Å². The molecule has 1 saturated carbocycles. The number of nitrogens with one attached hydrogen (secondary N) is 2. The van der Waals surface area contributed by atoms with Gasteiger partial charge in [0.1, 0.15) is 0 Å². The zero-order valence-corrected chi connectivity index (χ0v) is 11.8. The summed E-state index contributed by atoms with van der Waals surface area (Å²) in [7, 11) is -1.96. The molecule has 1 aliphatic carbocycles. The van der Waals surface area contributed by atoms with Crippen LogP contribution in [0.4, 0.5) is 0 Å². The summed E-state index contributed by atoms with van der Waals surface area (Å²) in [4.78, 5) is 11.6. The van der Waals surface area contributed by atoms with Gasteiger partial charge in [0.15, 0.2) is 0 Å². The van der Waals surface area contributed by atoms with E-state index in [9.17, 15) is 13.2 Å². The molecular formula is C13H18N2O3S. The summed E-state index contributed by atoms with van der Waals surface area (Å²) < 4.78 is 26.9. The molecule has 0 spiro atoms. The molecule has 1 atom stereocenters. The molecule has 1 aromatic carbocycles. The lowest BCUT2D eigenvalue weighted by Crippen LogP contribution is -2.34. The second kappa shape index (κ2) is 5.30. The Morgan fingerprint density at radius 3 is 2.32 bits per heavy atom. The number of sulfonamides is 1. The Morgan fingerprint density at radius 1 is 1.26 bits per heavy atom. The smallest absolute Gasteiger partial charge is 0.251 e. The van der Waals surface area contributed by atoms with Crippen LogP contribution >= 0.6 is 0 Å². The molecule has 0 heterocycles. The van der Waals surface area contributed by atoms with Crippen LogP contribution in [0.25, 0.3) is 0 Å². The largest absolute Gasteiger partial charge is 0.355 e. The van der Waals surface area contributed by atoms with E-state index in [1.807, 2.05) is 6.92 Å². The van der Waals surface area contributed by atoms with Gasteiger partial charge >= 0.3 is 0 Å². The van der Waals surface area contributed by atoms with E-state index in [2.05, 4.69) is 10.0 Å². The molecule has 6 heteroatoms. The molecule has 2 N–H and O–H groups in total. The van der Waals surface area contributed by atoms with Gasteiger partial charge in [-0.15, -0.1) is 0 Å². The van der Waals surface area contributed by atoms with Gasteiger partial charge in [-0.3, -0.25) is 4.79 Å². The Bertz CT molecular complexity index is 562. The molecule has 2 rings (SSSR count). The van der Waals surface area contributed by atoms with Crippen molar-refractivity contribution < 1.29 is 13.2 Å². The first kappa shape index (κ1) is 14.0. The third-order valence-corrected chi connectivity index (χ3v) is 4.90. The van der Waals surface area contributed by atoms with Gasteiger partial charge in [-0.05, 0) is 49.9 Å². The molecule has 104 valence electrons. The van der Waals surface area contributed by atoms with Crippen molar-refractivity contribution >= 4 is 15.9 Å². The van der Waals surface area contributed by atoms with E-state index in [1.54, 1.807) is 0 Å². The van der Waals surface area contributed by atoms with Gasteiger partial charge in [-0.25, -0.2) is 13.1 Å². The fraction of sp³-hybridized carbons (Fsp3) is 0.462. The first-order chi connectivity index (χ1) is 8.94. The van der Waals surface area contributed by atoms with Gasteiger partial charge in [-0.2, -0.15) is 0 Å². The summed E-state index contributed by atoms with van der Waals surface area (Å²) in [5, 5.41) is 2.49. The molecule has 0 aromatic heterocycles. The second-order valence-electron chi connectivity index (χ2n) is 4.85. The van der Waals surface area contributed by atoms with Crippen LogP contribution in [0.5, 0.6) is 0 Å². The van der Waals surface area contributed by atoms with Crippen LogP contribution in [0.2, 0.25) is 0 Å². The molecule has 0 aliphatic heterocycles. The minimum absolute atomic E-state index is 0.0383. The van der Waals surface area contributed by atoms with Gasteiger partial charge in [0.25, 0.3) is 5.91 Å². The highest BCUT2D eigenvalue weighted by atomic mass is 32.2. The highest BCUT2D eigenvalue weighted by molar-refractivity contribution is 7.89. The minimum Gasteiger partial charge on any atom is -0.355 e. The molecule has 0 bridgehead atoms. The molecule has 1 unspecified atom stereocenters. The highest BCUT2D eigenvalue weighted by Crippen LogP contribution is 2.33. The van der Waals surface area contributed by atoms with Crippen LogP contribution in [0.1, 0.15) is 30.1 Å². The van der Waals surface area contributed by atoms with Gasteiger partial charge in [0.05, 0.1) is 4.90 Å². The first-order valence-corrected chi connectivity index (χ1v) is 7.77. The summed E-state index contributed by atoms with van der Waals surface area (Å²) in [5.74, 6) is 0.225. The van der Waals surface area contributed by atoms with Crippen LogP contribution in [-0.2, 0) is 10.0 Å². The van der Waals surface area contributed by atoms with Gasteiger partial charge in [-0.1, -0.05) is 0 Å². The number of carbonyl (C=O) groups is 1. The maximum atomic E-state index is 12.1. The van der Waals surface area contributed by atoms with Crippen LogP contribution < -0.4 is 10.0 Å². The lowest BCUT2D eigenvalue weighted by atomic mass is 10.2. The van der Waals surface area contributed by atoms with Crippen molar-refractivity contribution in [1.82, 2.24) is 10.0 Å². The van der Waals surface area contributed by atoms with E-state index in [0.717, 1.165) is 12.8 Å². The average Bonchev–Trinajstić information content (AvgIpc) is 3.21.